The third-order valence-corrected chi connectivity index (χ3v) is 3.43. The molecule has 0 aliphatic carbocycles. The number of ether oxygens (including phenoxy) is 2. The molecule has 0 saturated heterocycles. The highest BCUT2D eigenvalue weighted by molar-refractivity contribution is 5.92. The standard InChI is InChI=1S/C16H23N3O4/c1-4-19(8-15(20)17-11(2)3)9-16(21)18-12-5-6-13-14(7-12)23-10-22-13/h5-7,11H,4,8-10H2,1-3H3,(H,17,20)(H,18,21)/p+1. The Hall–Kier alpha value is -2.28. The van der Waals surface area contributed by atoms with Crippen molar-refractivity contribution >= 4 is 17.5 Å². The summed E-state index contributed by atoms with van der Waals surface area (Å²) >= 11 is 0. The first-order valence-corrected chi connectivity index (χ1v) is 7.80. The van der Waals surface area contributed by atoms with Crippen molar-refractivity contribution in [2.24, 2.45) is 0 Å². The average molecular weight is 322 g/mol. The Bertz CT molecular complexity index is 574. The number of hydrogen-bond acceptors (Lipinski definition) is 4. The second-order valence-corrected chi connectivity index (χ2v) is 5.80. The maximum absolute atomic E-state index is 12.1. The summed E-state index contributed by atoms with van der Waals surface area (Å²) in [7, 11) is 0. The fourth-order valence-corrected chi connectivity index (χ4v) is 2.32. The average Bonchev–Trinajstić information content (AvgIpc) is 2.93. The Kier molecular flexibility index (Phi) is 5.81. The summed E-state index contributed by atoms with van der Waals surface area (Å²) in [5.74, 6) is 1.11. The van der Waals surface area contributed by atoms with Crippen LogP contribution < -0.4 is 25.0 Å². The number of rotatable bonds is 7. The van der Waals surface area contributed by atoms with Gasteiger partial charge in [-0.1, -0.05) is 0 Å². The summed E-state index contributed by atoms with van der Waals surface area (Å²) < 4.78 is 10.5. The van der Waals surface area contributed by atoms with E-state index in [2.05, 4.69) is 10.6 Å². The van der Waals surface area contributed by atoms with Gasteiger partial charge in [0.2, 0.25) is 6.79 Å². The van der Waals surface area contributed by atoms with Gasteiger partial charge in [-0.3, -0.25) is 9.59 Å². The van der Waals surface area contributed by atoms with Gasteiger partial charge in [0.25, 0.3) is 11.8 Å². The van der Waals surface area contributed by atoms with Gasteiger partial charge in [-0.05, 0) is 32.9 Å². The first-order chi connectivity index (χ1) is 11.0. The highest BCUT2D eigenvalue weighted by Gasteiger charge is 2.18. The molecule has 0 saturated carbocycles. The predicted octanol–water partition coefficient (Wildman–Crippen LogP) is -0.217. The number of fused-ring (bicyclic) bond motifs is 1. The van der Waals surface area contributed by atoms with Crippen molar-refractivity contribution in [3.8, 4) is 11.5 Å². The molecule has 0 aromatic heterocycles. The second kappa shape index (κ2) is 7.82. The monoisotopic (exact) mass is 322 g/mol. The lowest BCUT2D eigenvalue weighted by atomic mass is 10.2. The van der Waals surface area contributed by atoms with E-state index in [4.69, 9.17) is 9.47 Å². The molecule has 0 spiro atoms. The fourth-order valence-electron chi connectivity index (χ4n) is 2.32. The van der Waals surface area contributed by atoms with Crippen LogP contribution in [0.25, 0.3) is 0 Å². The van der Waals surface area contributed by atoms with Gasteiger partial charge in [-0.25, -0.2) is 0 Å². The summed E-state index contributed by atoms with van der Waals surface area (Å²) in [6.07, 6.45) is 0. The van der Waals surface area contributed by atoms with Crippen molar-refractivity contribution < 1.29 is 24.0 Å². The van der Waals surface area contributed by atoms with Crippen molar-refractivity contribution in [3.05, 3.63) is 18.2 Å². The molecular weight excluding hydrogens is 298 g/mol. The van der Waals surface area contributed by atoms with Crippen LogP contribution in [0.15, 0.2) is 18.2 Å². The minimum Gasteiger partial charge on any atom is -0.454 e. The van der Waals surface area contributed by atoms with E-state index < -0.39 is 0 Å². The SMILES string of the molecule is CC[NH+](CC(=O)Nc1ccc2c(c1)OCO2)CC(=O)NC(C)C. The summed E-state index contributed by atoms with van der Waals surface area (Å²) in [6, 6.07) is 5.36. The minimum atomic E-state index is -0.141. The van der Waals surface area contributed by atoms with Gasteiger partial charge in [-0.15, -0.1) is 0 Å². The molecule has 2 rings (SSSR count). The van der Waals surface area contributed by atoms with Crippen LogP contribution in [0.3, 0.4) is 0 Å². The highest BCUT2D eigenvalue weighted by Crippen LogP contribution is 2.34. The summed E-state index contributed by atoms with van der Waals surface area (Å²) in [5.41, 5.74) is 0.654. The summed E-state index contributed by atoms with van der Waals surface area (Å²) in [5, 5.41) is 5.66. The third kappa shape index (κ3) is 5.14. The molecule has 0 bridgehead atoms. The predicted molar refractivity (Wildman–Crippen MR) is 85.7 cm³/mol. The molecule has 7 heteroatoms. The number of likely N-dealkylation sites (N-methyl/N-ethyl adjacent to an activating group) is 1. The molecule has 1 atom stereocenters. The zero-order valence-corrected chi connectivity index (χ0v) is 13.8. The van der Waals surface area contributed by atoms with Crippen LogP contribution >= 0.6 is 0 Å². The van der Waals surface area contributed by atoms with Crippen LogP contribution in [0, 0.1) is 0 Å². The second-order valence-electron chi connectivity index (χ2n) is 5.80. The maximum Gasteiger partial charge on any atom is 0.279 e. The summed E-state index contributed by atoms with van der Waals surface area (Å²) in [4.78, 5) is 24.9. The number of benzene rings is 1. The lowest BCUT2D eigenvalue weighted by molar-refractivity contribution is -0.881. The van der Waals surface area contributed by atoms with Crippen LogP contribution in [0.5, 0.6) is 11.5 Å². The van der Waals surface area contributed by atoms with Gasteiger partial charge in [0, 0.05) is 17.8 Å². The molecule has 1 aromatic rings. The molecule has 1 unspecified atom stereocenters. The molecule has 0 radical (unpaired) electrons. The van der Waals surface area contributed by atoms with Crippen molar-refractivity contribution in [2.75, 3.05) is 31.7 Å². The van der Waals surface area contributed by atoms with Crippen LogP contribution in [0.2, 0.25) is 0 Å². The minimum absolute atomic E-state index is 0.0484. The highest BCUT2D eigenvalue weighted by atomic mass is 16.7. The Morgan fingerprint density at radius 3 is 2.57 bits per heavy atom. The smallest absolute Gasteiger partial charge is 0.279 e. The van der Waals surface area contributed by atoms with Crippen molar-refractivity contribution in [3.63, 3.8) is 0 Å². The van der Waals surface area contributed by atoms with Crippen molar-refractivity contribution in [2.45, 2.75) is 26.8 Å². The van der Waals surface area contributed by atoms with Gasteiger partial charge < -0.3 is 25.0 Å². The lowest BCUT2D eigenvalue weighted by Gasteiger charge is -2.17. The molecule has 1 aliphatic heterocycles. The third-order valence-electron chi connectivity index (χ3n) is 3.43. The number of carbonyl (C=O) groups excluding carboxylic acids is 2. The van der Waals surface area contributed by atoms with E-state index in [1.54, 1.807) is 18.2 Å². The molecule has 2 amide bonds. The molecule has 3 N–H and O–H groups in total. The van der Waals surface area contributed by atoms with E-state index in [1.807, 2.05) is 20.8 Å². The van der Waals surface area contributed by atoms with Gasteiger partial charge in [0.15, 0.2) is 24.6 Å². The Morgan fingerprint density at radius 1 is 1.17 bits per heavy atom. The zero-order chi connectivity index (χ0) is 16.8. The van der Waals surface area contributed by atoms with Gasteiger partial charge in [0.1, 0.15) is 0 Å². The van der Waals surface area contributed by atoms with Crippen LogP contribution in [-0.2, 0) is 9.59 Å². The fraction of sp³-hybridized carbons (Fsp3) is 0.500. The van der Waals surface area contributed by atoms with E-state index >= 15 is 0 Å². The Labute approximate surface area is 135 Å². The Balaban J connectivity index is 1.86. The number of quaternary nitrogens is 1. The van der Waals surface area contributed by atoms with E-state index in [0.717, 1.165) is 4.90 Å². The Morgan fingerprint density at radius 2 is 1.87 bits per heavy atom. The number of anilines is 1. The normalized spacial score (nSPS) is 13.7. The molecule has 126 valence electrons. The molecule has 23 heavy (non-hydrogen) atoms. The first kappa shape index (κ1) is 17.1. The molecule has 0 fully saturated rings. The maximum atomic E-state index is 12.1. The van der Waals surface area contributed by atoms with Crippen molar-refractivity contribution in [1.82, 2.24) is 5.32 Å². The number of carbonyl (C=O) groups is 2. The molecule has 1 aliphatic rings. The topological polar surface area (TPSA) is 81.1 Å². The largest absolute Gasteiger partial charge is 0.454 e. The molecule has 1 aromatic carbocycles. The van der Waals surface area contributed by atoms with Crippen LogP contribution in [0.1, 0.15) is 20.8 Å². The molecule has 7 nitrogen and oxygen atoms in total. The van der Waals surface area contributed by atoms with E-state index in [0.29, 0.717) is 23.7 Å². The summed E-state index contributed by atoms with van der Waals surface area (Å²) in [6.45, 7) is 7.18. The van der Waals surface area contributed by atoms with E-state index in [9.17, 15) is 9.59 Å². The number of nitrogens with one attached hydrogen (secondary N) is 3. The van der Waals surface area contributed by atoms with E-state index in [1.165, 1.54) is 0 Å². The van der Waals surface area contributed by atoms with Gasteiger partial charge in [0.05, 0.1) is 6.54 Å². The lowest BCUT2D eigenvalue weighted by Crippen LogP contribution is -3.14. The van der Waals surface area contributed by atoms with Crippen LogP contribution in [0.4, 0.5) is 5.69 Å². The number of amides is 2. The molecular formula is C16H24N3O4+. The quantitative estimate of drug-likeness (QED) is 0.648. The molecule has 1 heterocycles. The van der Waals surface area contributed by atoms with E-state index in [-0.39, 0.29) is 37.7 Å². The van der Waals surface area contributed by atoms with Crippen LogP contribution in [-0.4, -0.2) is 44.3 Å². The van der Waals surface area contributed by atoms with Gasteiger partial charge in [-0.2, -0.15) is 0 Å². The van der Waals surface area contributed by atoms with Gasteiger partial charge >= 0.3 is 0 Å². The van der Waals surface area contributed by atoms with Crippen molar-refractivity contribution in [1.29, 1.82) is 0 Å². The zero-order valence-electron chi connectivity index (χ0n) is 13.8. The number of hydrogen-bond donors (Lipinski definition) is 3. The first-order valence-electron chi connectivity index (χ1n) is 7.80.